The van der Waals surface area contributed by atoms with Crippen molar-refractivity contribution in [3.63, 3.8) is 0 Å². The molecule has 160 valence electrons. The van der Waals surface area contributed by atoms with Gasteiger partial charge in [-0.25, -0.2) is 0 Å². The second-order valence-electron chi connectivity index (χ2n) is 7.89. The van der Waals surface area contributed by atoms with E-state index in [4.69, 9.17) is 12.2 Å². The van der Waals surface area contributed by atoms with E-state index < -0.39 is 6.10 Å². The van der Waals surface area contributed by atoms with Crippen molar-refractivity contribution in [3.05, 3.63) is 71.8 Å². The molecule has 3 atom stereocenters. The van der Waals surface area contributed by atoms with Crippen LogP contribution in [0.5, 0.6) is 0 Å². The van der Waals surface area contributed by atoms with Gasteiger partial charge >= 0.3 is 0 Å². The summed E-state index contributed by atoms with van der Waals surface area (Å²) in [6.45, 7) is 0. The summed E-state index contributed by atoms with van der Waals surface area (Å²) in [6, 6.07) is 20.9. The summed E-state index contributed by atoms with van der Waals surface area (Å²) in [6.07, 6.45) is 4.53. The van der Waals surface area contributed by atoms with Crippen LogP contribution >= 0.6 is 12.2 Å². The summed E-state index contributed by atoms with van der Waals surface area (Å²) in [5, 5.41) is 18.7. The Morgan fingerprint density at radius 2 is 1.73 bits per heavy atom. The lowest BCUT2D eigenvalue weighted by Gasteiger charge is -2.40. The van der Waals surface area contributed by atoms with Crippen LogP contribution in [0.2, 0.25) is 0 Å². The maximum Gasteiger partial charge on any atom is 0.186 e. The average Bonchev–Trinajstić information content (AvgIpc) is 2.79. The maximum atomic E-state index is 10.7. The fraction of sp³-hybridized carbons (Fsp3) is 0.417. The molecule has 1 saturated heterocycles. The SMILES string of the molecule is CNC(=S)N/N=C(/C[C@H]1CCC[C@@H](C[C@H](O)c2ccccc2)N1C)c1ccccc1. The molecule has 1 heterocycles. The van der Waals surface area contributed by atoms with Crippen molar-refractivity contribution in [2.24, 2.45) is 5.10 Å². The summed E-state index contributed by atoms with van der Waals surface area (Å²) in [5.41, 5.74) is 6.04. The number of thiocarbonyl (C=S) groups is 1. The molecular formula is C24H32N4OS. The summed E-state index contributed by atoms with van der Waals surface area (Å²) in [7, 11) is 3.96. The Morgan fingerprint density at radius 1 is 1.10 bits per heavy atom. The highest BCUT2D eigenvalue weighted by molar-refractivity contribution is 7.80. The highest BCUT2D eigenvalue weighted by atomic mass is 32.1. The first kappa shape index (κ1) is 22.4. The van der Waals surface area contributed by atoms with Gasteiger partial charge in [0.2, 0.25) is 0 Å². The van der Waals surface area contributed by atoms with Gasteiger partial charge in [0.15, 0.2) is 5.11 Å². The first-order valence-electron chi connectivity index (χ1n) is 10.6. The predicted molar refractivity (Wildman–Crippen MR) is 128 cm³/mol. The number of rotatable bonds is 7. The second-order valence-corrected chi connectivity index (χ2v) is 8.29. The first-order chi connectivity index (χ1) is 14.6. The molecule has 1 fully saturated rings. The van der Waals surface area contributed by atoms with E-state index in [0.29, 0.717) is 17.2 Å². The number of nitrogens with one attached hydrogen (secondary N) is 2. The molecule has 0 unspecified atom stereocenters. The number of hydrogen-bond acceptors (Lipinski definition) is 4. The third-order valence-corrected chi connectivity index (χ3v) is 6.26. The molecule has 6 heteroatoms. The molecule has 3 rings (SSSR count). The lowest BCUT2D eigenvalue weighted by Crippen LogP contribution is -2.45. The van der Waals surface area contributed by atoms with Gasteiger partial charge < -0.3 is 10.4 Å². The molecule has 0 radical (unpaired) electrons. The monoisotopic (exact) mass is 424 g/mol. The molecule has 30 heavy (non-hydrogen) atoms. The van der Waals surface area contributed by atoms with E-state index in [-0.39, 0.29) is 0 Å². The number of hydrogen-bond donors (Lipinski definition) is 3. The van der Waals surface area contributed by atoms with Crippen molar-refractivity contribution in [2.45, 2.75) is 50.3 Å². The number of aliphatic hydroxyl groups excluding tert-OH is 1. The largest absolute Gasteiger partial charge is 0.388 e. The third kappa shape index (κ3) is 6.11. The summed E-state index contributed by atoms with van der Waals surface area (Å²) in [4.78, 5) is 2.44. The normalized spacial score (nSPS) is 21.1. The highest BCUT2D eigenvalue weighted by Gasteiger charge is 2.30. The summed E-state index contributed by atoms with van der Waals surface area (Å²) < 4.78 is 0. The molecule has 0 aliphatic carbocycles. The van der Waals surface area contributed by atoms with E-state index in [0.717, 1.165) is 48.9 Å². The Bertz CT molecular complexity index is 828. The Morgan fingerprint density at radius 3 is 2.40 bits per heavy atom. The van der Waals surface area contributed by atoms with Crippen molar-refractivity contribution < 1.29 is 5.11 Å². The van der Waals surface area contributed by atoms with E-state index in [2.05, 4.69) is 39.9 Å². The molecule has 0 bridgehead atoms. The minimum atomic E-state index is -0.436. The van der Waals surface area contributed by atoms with Gasteiger partial charge in [-0.15, -0.1) is 0 Å². The molecule has 1 aliphatic heterocycles. The number of benzene rings is 2. The predicted octanol–water partition coefficient (Wildman–Crippen LogP) is 3.85. The van der Waals surface area contributed by atoms with Gasteiger partial charge in [-0.2, -0.15) is 5.10 Å². The average molecular weight is 425 g/mol. The molecule has 2 aromatic rings. The van der Waals surface area contributed by atoms with Crippen LogP contribution in [0, 0.1) is 0 Å². The molecule has 5 nitrogen and oxygen atoms in total. The first-order valence-corrected chi connectivity index (χ1v) is 11.0. The maximum absolute atomic E-state index is 10.7. The van der Waals surface area contributed by atoms with Crippen molar-refractivity contribution in [2.75, 3.05) is 14.1 Å². The van der Waals surface area contributed by atoms with E-state index in [1.54, 1.807) is 7.05 Å². The zero-order valence-corrected chi connectivity index (χ0v) is 18.6. The smallest absolute Gasteiger partial charge is 0.186 e. The van der Waals surface area contributed by atoms with Gasteiger partial charge in [-0.3, -0.25) is 10.3 Å². The quantitative estimate of drug-likeness (QED) is 0.358. The van der Waals surface area contributed by atoms with Crippen LogP contribution in [0.25, 0.3) is 0 Å². The summed E-state index contributed by atoms with van der Waals surface area (Å²) >= 11 is 5.20. The minimum absolute atomic E-state index is 0.349. The van der Waals surface area contributed by atoms with E-state index in [1.807, 2.05) is 48.5 Å². The van der Waals surface area contributed by atoms with Gasteiger partial charge in [0, 0.05) is 25.6 Å². The van der Waals surface area contributed by atoms with Crippen LogP contribution in [0.1, 0.15) is 49.3 Å². The van der Waals surface area contributed by atoms with Crippen LogP contribution < -0.4 is 10.7 Å². The van der Waals surface area contributed by atoms with Gasteiger partial charge in [0.05, 0.1) is 11.8 Å². The van der Waals surface area contributed by atoms with Crippen LogP contribution in [-0.4, -0.2) is 47.0 Å². The zero-order chi connectivity index (χ0) is 21.3. The molecule has 0 aromatic heterocycles. The zero-order valence-electron chi connectivity index (χ0n) is 17.8. The molecule has 1 aliphatic rings. The number of piperidine rings is 1. The second kappa shape index (κ2) is 11.2. The third-order valence-electron chi connectivity index (χ3n) is 5.96. The van der Waals surface area contributed by atoms with Crippen LogP contribution in [0.3, 0.4) is 0 Å². The van der Waals surface area contributed by atoms with E-state index in [1.165, 1.54) is 0 Å². The topological polar surface area (TPSA) is 59.9 Å². The van der Waals surface area contributed by atoms with Crippen molar-refractivity contribution in [3.8, 4) is 0 Å². The van der Waals surface area contributed by atoms with Crippen LogP contribution in [0.15, 0.2) is 65.8 Å². The Labute approximate surface area is 185 Å². The van der Waals surface area contributed by atoms with E-state index >= 15 is 0 Å². The van der Waals surface area contributed by atoms with Crippen molar-refractivity contribution >= 4 is 23.0 Å². The van der Waals surface area contributed by atoms with Gasteiger partial charge in [0.1, 0.15) is 0 Å². The van der Waals surface area contributed by atoms with Crippen molar-refractivity contribution in [1.82, 2.24) is 15.6 Å². The fourth-order valence-corrected chi connectivity index (χ4v) is 4.20. The number of likely N-dealkylation sites (tertiary alicyclic amines) is 1. The van der Waals surface area contributed by atoms with Gasteiger partial charge in [-0.05, 0) is 49.7 Å². The lowest BCUT2D eigenvalue weighted by molar-refractivity contribution is 0.0639. The lowest BCUT2D eigenvalue weighted by atomic mass is 9.88. The van der Waals surface area contributed by atoms with E-state index in [9.17, 15) is 5.11 Å². The number of hydrazone groups is 1. The Hall–Kier alpha value is -2.28. The van der Waals surface area contributed by atoms with Crippen LogP contribution in [0.4, 0.5) is 0 Å². The molecule has 2 aromatic carbocycles. The molecule has 3 N–H and O–H groups in total. The van der Waals surface area contributed by atoms with Crippen LogP contribution in [-0.2, 0) is 0 Å². The number of nitrogens with zero attached hydrogens (tertiary/aromatic N) is 2. The van der Waals surface area contributed by atoms with Gasteiger partial charge in [-0.1, -0.05) is 67.1 Å². The van der Waals surface area contributed by atoms with Gasteiger partial charge in [0.25, 0.3) is 0 Å². The minimum Gasteiger partial charge on any atom is -0.388 e. The van der Waals surface area contributed by atoms with Crippen molar-refractivity contribution in [1.29, 1.82) is 0 Å². The molecular weight excluding hydrogens is 392 g/mol. The molecule has 0 amide bonds. The Kier molecular flexibility index (Phi) is 8.37. The highest BCUT2D eigenvalue weighted by Crippen LogP contribution is 2.30. The molecule has 0 saturated carbocycles. The summed E-state index contributed by atoms with van der Waals surface area (Å²) in [5.74, 6) is 0. The fourth-order valence-electron chi connectivity index (χ4n) is 4.15. The Balaban J connectivity index is 1.70. The molecule has 0 spiro atoms. The standard InChI is InChI=1S/C24H32N4OS/c1-25-24(30)27-26-22(18-10-5-3-6-11-18)16-20-14-9-15-21(28(20)2)17-23(29)19-12-7-4-8-13-19/h3-8,10-13,20-21,23,29H,9,14-17H2,1-2H3,(H2,25,27,30)/b26-22-/t20-,21+,23+/m1/s1. The number of aliphatic hydroxyl groups is 1.